The van der Waals surface area contributed by atoms with Crippen LogP contribution in [0, 0.1) is 5.92 Å². The Kier molecular flexibility index (Phi) is 18.5. The number of nitrogens with one attached hydrogen (secondary N) is 5. The standard InChI is InChI=1S/C32H45N7O15/c1-14(2)9-19(37-30(51)20(10-15-3-5-16(40)6-4-15)36-27(48)17(33)11-23(34)41)29(50)38-21(12-25(44)45)31(52)35-18(7-8-24(42)43)28(49)39-22(32(53)54)13-26(46)47/h3-6,14,17-22,40H,7-13,33H2,1-2H3,(H2,34,41)(H,35,52)(H,36,48)(H,37,51)(H,38,50)(H,39,49)(H,42,43)(H,44,45)(H,46,47)(H,53,54)/t17-,18-,19-,20-,21-,22-/m0/s1. The predicted octanol–water partition coefficient (Wildman–Crippen LogP) is -3.49. The fourth-order valence-electron chi connectivity index (χ4n) is 4.75. The van der Waals surface area contributed by atoms with E-state index in [1.807, 2.05) is 5.32 Å². The SMILES string of the molecule is CC(C)C[C@H](NC(=O)[C@H](Cc1ccc(O)cc1)NC(=O)[C@@H](N)CC(N)=O)C(=O)N[C@@H](CC(=O)O)C(=O)N[C@@H](CCC(=O)O)C(=O)N[C@@H](CC(=O)O)C(=O)O. The van der Waals surface area contributed by atoms with Gasteiger partial charge in [-0.25, -0.2) is 4.79 Å². The maximum Gasteiger partial charge on any atom is 0.326 e. The van der Waals surface area contributed by atoms with Gasteiger partial charge in [-0.3, -0.25) is 43.2 Å². The van der Waals surface area contributed by atoms with Gasteiger partial charge in [-0.1, -0.05) is 26.0 Å². The van der Waals surface area contributed by atoms with Crippen LogP contribution < -0.4 is 38.1 Å². The maximum absolute atomic E-state index is 13.6. The molecular weight excluding hydrogens is 722 g/mol. The highest BCUT2D eigenvalue weighted by Gasteiger charge is 2.34. The summed E-state index contributed by atoms with van der Waals surface area (Å²) in [6.07, 6.45) is -4.49. The Balaban J connectivity index is 3.37. The molecule has 14 N–H and O–H groups in total. The molecule has 0 aliphatic carbocycles. The first-order valence-corrected chi connectivity index (χ1v) is 16.3. The average Bonchev–Trinajstić information content (AvgIpc) is 3.04. The number of carbonyl (C=O) groups is 10. The normalized spacial score (nSPS) is 14.1. The van der Waals surface area contributed by atoms with Crippen molar-refractivity contribution in [3.63, 3.8) is 0 Å². The zero-order valence-electron chi connectivity index (χ0n) is 29.3. The molecule has 0 bridgehead atoms. The molecule has 0 saturated carbocycles. The fourth-order valence-corrected chi connectivity index (χ4v) is 4.75. The second-order valence-electron chi connectivity index (χ2n) is 12.5. The zero-order chi connectivity index (χ0) is 41.3. The molecule has 0 heterocycles. The molecule has 0 spiro atoms. The van der Waals surface area contributed by atoms with Crippen LogP contribution >= 0.6 is 0 Å². The first-order valence-electron chi connectivity index (χ1n) is 16.3. The van der Waals surface area contributed by atoms with E-state index < -0.39 is 128 Å². The van der Waals surface area contributed by atoms with Gasteiger partial charge in [0.05, 0.1) is 25.3 Å². The Labute approximate surface area is 307 Å². The van der Waals surface area contributed by atoms with Crippen LogP contribution in [0.25, 0.3) is 0 Å². The Morgan fingerprint density at radius 2 is 1.04 bits per heavy atom. The first kappa shape index (κ1) is 45.7. The second-order valence-corrected chi connectivity index (χ2v) is 12.5. The molecule has 6 amide bonds. The van der Waals surface area contributed by atoms with E-state index in [0.717, 1.165) is 0 Å². The number of aliphatic carboxylic acids is 4. The van der Waals surface area contributed by atoms with Crippen LogP contribution in [-0.4, -0.2) is 121 Å². The van der Waals surface area contributed by atoms with Gasteiger partial charge in [0.2, 0.25) is 35.4 Å². The number of amides is 6. The lowest BCUT2D eigenvalue weighted by Gasteiger charge is -2.27. The van der Waals surface area contributed by atoms with Gasteiger partial charge in [-0.15, -0.1) is 0 Å². The monoisotopic (exact) mass is 767 g/mol. The van der Waals surface area contributed by atoms with E-state index in [1.54, 1.807) is 13.8 Å². The molecule has 1 aromatic rings. The molecule has 54 heavy (non-hydrogen) atoms. The van der Waals surface area contributed by atoms with Crippen molar-refractivity contribution < 1.29 is 73.5 Å². The van der Waals surface area contributed by atoms with Gasteiger partial charge in [0.1, 0.15) is 36.0 Å². The Hall–Kier alpha value is -6.32. The smallest absolute Gasteiger partial charge is 0.326 e. The quantitative estimate of drug-likeness (QED) is 0.0485. The largest absolute Gasteiger partial charge is 0.508 e. The molecule has 0 aliphatic rings. The summed E-state index contributed by atoms with van der Waals surface area (Å²) in [5, 5.41) is 57.4. The lowest BCUT2D eigenvalue weighted by atomic mass is 10.00. The molecule has 1 aromatic carbocycles. The molecule has 0 unspecified atom stereocenters. The van der Waals surface area contributed by atoms with Gasteiger partial charge in [0, 0.05) is 12.8 Å². The third kappa shape index (κ3) is 17.3. The summed E-state index contributed by atoms with van der Waals surface area (Å²) in [6, 6.07) is -4.67. The van der Waals surface area contributed by atoms with Gasteiger partial charge in [0.15, 0.2) is 0 Å². The van der Waals surface area contributed by atoms with Crippen LogP contribution in [0.4, 0.5) is 0 Å². The highest BCUT2D eigenvalue weighted by molar-refractivity contribution is 5.98. The van der Waals surface area contributed by atoms with E-state index in [9.17, 15) is 63.3 Å². The Bertz CT molecular complexity index is 1570. The molecule has 22 nitrogen and oxygen atoms in total. The van der Waals surface area contributed by atoms with Crippen LogP contribution in [0.15, 0.2) is 24.3 Å². The summed E-state index contributed by atoms with van der Waals surface area (Å²) in [5.41, 5.74) is 11.3. The number of carbonyl (C=O) groups excluding carboxylic acids is 6. The van der Waals surface area contributed by atoms with Gasteiger partial charge < -0.3 is 63.6 Å². The molecule has 0 radical (unpaired) electrons. The number of nitrogens with two attached hydrogens (primary N) is 2. The number of phenolic OH excluding ortho intramolecular Hbond substituents is 1. The molecule has 22 heteroatoms. The Morgan fingerprint density at radius 3 is 1.54 bits per heavy atom. The predicted molar refractivity (Wildman–Crippen MR) is 182 cm³/mol. The second kappa shape index (κ2) is 21.9. The van der Waals surface area contributed by atoms with E-state index in [1.165, 1.54) is 24.3 Å². The molecular formula is C32H45N7O15. The summed E-state index contributed by atoms with van der Waals surface area (Å²) < 4.78 is 0. The summed E-state index contributed by atoms with van der Waals surface area (Å²) in [4.78, 5) is 123. The maximum atomic E-state index is 13.6. The number of hydrogen-bond acceptors (Lipinski definition) is 12. The zero-order valence-corrected chi connectivity index (χ0v) is 29.3. The minimum absolute atomic E-state index is 0.0997. The van der Waals surface area contributed by atoms with Crippen molar-refractivity contribution >= 4 is 59.3 Å². The molecule has 0 saturated heterocycles. The van der Waals surface area contributed by atoms with Crippen LogP contribution in [0.1, 0.15) is 57.9 Å². The molecule has 0 fully saturated rings. The van der Waals surface area contributed by atoms with Gasteiger partial charge in [0.25, 0.3) is 0 Å². The summed E-state index contributed by atoms with van der Waals surface area (Å²) in [6.45, 7) is 3.32. The minimum Gasteiger partial charge on any atom is -0.508 e. The molecule has 0 aliphatic heterocycles. The topological polar surface area (TPSA) is 384 Å². The summed E-state index contributed by atoms with van der Waals surface area (Å²) in [5.74, 6) is -13.4. The third-order valence-electron chi connectivity index (χ3n) is 7.39. The van der Waals surface area contributed by atoms with Crippen molar-refractivity contribution in [3.8, 4) is 5.75 Å². The number of hydrogen-bond donors (Lipinski definition) is 12. The summed E-state index contributed by atoms with van der Waals surface area (Å²) in [7, 11) is 0. The van der Waals surface area contributed by atoms with Gasteiger partial charge in [-0.05, 0) is 36.5 Å². The molecule has 6 atom stereocenters. The van der Waals surface area contributed by atoms with Crippen LogP contribution in [-0.2, 0) is 54.4 Å². The number of primary amides is 1. The molecule has 0 aromatic heterocycles. The minimum atomic E-state index is -1.99. The van der Waals surface area contributed by atoms with E-state index >= 15 is 0 Å². The number of carboxylic acids is 4. The molecule has 1 rings (SSSR count). The van der Waals surface area contributed by atoms with Crippen LogP contribution in [0.2, 0.25) is 0 Å². The number of rotatable bonds is 24. The van der Waals surface area contributed by atoms with Crippen molar-refractivity contribution in [2.24, 2.45) is 17.4 Å². The van der Waals surface area contributed by atoms with Crippen molar-refractivity contribution in [2.45, 2.75) is 95.0 Å². The molecule has 298 valence electrons. The van der Waals surface area contributed by atoms with Crippen molar-refractivity contribution in [2.75, 3.05) is 0 Å². The van der Waals surface area contributed by atoms with Crippen molar-refractivity contribution in [1.29, 1.82) is 0 Å². The lowest BCUT2D eigenvalue weighted by Crippen LogP contribution is -2.60. The van der Waals surface area contributed by atoms with Gasteiger partial charge >= 0.3 is 23.9 Å². The average molecular weight is 768 g/mol. The van der Waals surface area contributed by atoms with E-state index in [0.29, 0.717) is 5.56 Å². The fraction of sp³-hybridized carbons (Fsp3) is 0.500. The number of phenols is 1. The van der Waals surface area contributed by atoms with E-state index in [-0.39, 0.29) is 24.5 Å². The van der Waals surface area contributed by atoms with Crippen LogP contribution in [0.3, 0.4) is 0 Å². The van der Waals surface area contributed by atoms with Gasteiger partial charge in [-0.2, -0.15) is 0 Å². The van der Waals surface area contributed by atoms with Crippen molar-refractivity contribution in [1.82, 2.24) is 26.6 Å². The first-order chi connectivity index (χ1) is 25.1. The lowest BCUT2D eigenvalue weighted by molar-refractivity contribution is -0.147. The number of carboxylic acid groups (broad SMARTS) is 4. The van der Waals surface area contributed by atoms with E-state index in [4.69, 9.17) is 21.7 Å². The Morgan fingerprint density at radius 1 is 0.593 bits per heavy atom. The highest BCUT2D eigenvalue weighted by Crippen LogP contribution is 2.13. The number of benzene rings is 1. The van der Waals surface area contributed by atoms with Crippen molar-refractivity contribution in [3.05, 3.63) is 29.8 Å². The summed E-state index contributed by atoms with van der Waals surface area (Å²) >= 11 is 0. The number of aromatic hydroxyl groups is 1. The third-order valence-corrected chi connectivity index (χ3v) is 7.39. The van der Waals surface area contributed by atoms with Crippen LogP contribution in [0.5, 0.6) is 5.75 Å². The highest BCUT2D eigenvalue weighted by atomic mass is 16.4. The van der Waals surface area contributed by atoms with E-state index in [2.05, 4.69) is 21.3 Å².